The third-order valence-electron chi connectivity index (χ3n) is 6.18. The van der Waals surface area contributed by atoms with Gasteiger partial charge in [0.15, 0.2) is 11.6 Å². The molecule has 0 aromatic carbocycles. The lowest BCUT2D eigenvalue weighted by atomic mass is 9.98. The van der Waals surface area contributed by atoms with Crippen LogP contribution in [0.15, 0.2) is 41.6 Å². The molecular formula is C26H22ClF3N6O3. The molecule has 0 radical (unpaired) electrons. The molecule has 0 amide bonds. The topological polar surface area (TPSA) is 106 Å². The van der Waals surface area contributed by atoms with Crippen LogP contribution in [0.3, 0.4) is 0 Å². The molecule has 0 saturated carbocycles. The van der Waals surface area contributed by atoms with Crippen LogP contribution in [-0.2, 0) is 6.61 Å². The van der Waals surface area contributed by atoms with E-state index >= 15 is 4.39 Å². The summed E-state index contributed by atoms with van der Waals surface area (Å²) < 4.78 is 49.7. The number of halogens is 4. The van der Waals surface area contributed by atoms with Gasteiger partial charge in [-0.05, 0) is 32.4 Å². The Labute approximate surface area is 225 Å². The van der Waals surface area contributed by atoms with Gasteiger partial charge in [-0.15, -0.1) is 0 Å². The molecule has 1 aliphatic heterocycles. The molecule has 0 atom stereocenters. The molecular weight excluding hydrogens is 537 g/mol. The first-order chi connectivity index (χ1) is 18.4. The standard InChI is InChI=1S/C26H22ClF3N6O3/c1-13-8-33-22(17-4-5-31-25(34-17)35-11-26(3,38)12-35)21(30)23(13)36-14(2)6-19(20(27)24(36)37)39-10-18-16(29)7-15(28)9-32-18/h4-9,38H,10-12H2,1-3H3. The van der Waals surface area contributed by atoms with Gasteiger partial charge in [-0.3, -0.25) is 19.3 Å². The van der Waals surface area contributed by atoms with Gasteiger partial charge in [0.2, 0.25) is 5.95 Å². The third kappa shape index (κ3) is 5.04. The molecule has 0 unspecified atom stereocenters. The minimum atomic E-state index is -0.912. The zero-order chi connectivity index (χ0) is 28.1. The van der Waals surface area contributed by atoms with E-state index in [-0.39, 0.29) is 39.2 Å². The van der Waals surface area contributed by atoms with E-state index in [4.69, 9.17) is 16.3 Å². The maximum atomic E-state index is 16.0. The number of anilines is 1. The smallest absolute Gasteiger partial charge is 0.278 e. The van der Waals surface area contributed by atoms with E-state index < -0.39 is 35.2 Å². The monoisotopic (exact) mass is 558 g/mol. The quantitative estimate of drug-likeness (QED) is 0.379. The number of aliphatic hydroxyl groups is 1. The molecule has 1 aliphatic rings. The van der Waals surface area contributed by atoms with Gasteiger partial charge in [0.1, 0.15) is 34.6 Å². The van der Waals surface area contributed by atoms with Crippen molar-refractivity contribution in [1.29, 1.82) is 0 Å². The first-order valence-corrected chi connectivity index (χ1v) is 12.1. The van der Waals surface area contributed by atoms with E-state index in [1.54, 1.807) is 25.7 Å². The molecule has 0 bridgehead atoms. The number of ether oxygens (including phenoxy) is 1. The Morgan fingerprint density at radius 1 is 1.13 bits per heavy atom. The van der Waals surface area contributed by atoms with Gasteiger partial charge in [-0.1, -0.05) is 11.6 Å². The molecule has 4 aromatic rings. The number of nitrogens with zero attached hydrogens (tertiary/aromatic N) is 6. The highest BCUT2D eigenvalue weighted by Crippen LogP contribution is 2.31. The molecule has 1 N–H and O–H groups in total. The highest BCUT2D eigenvalue weighted by molar-refractivity contribution is 6.31. The van der Waals surface area contributed by atoms with E-state index in [0.29, 0.717) is 30.7 Å². The Kier molecular flexibility index (Phi) is 6.77. The van der Waals surface area contributed by atoms with Crippen molar-refractivity contribution in [3.8, 4) is 22.8 Å². The Bertz CT molecular complexity index is 1660. The van der Waals surface area contributed by atoms with Crippen LogP contribution in [0.5, 0.6) is 5.75 Å². The lowest BCUT2D eigenvalue weighted by Gasteiger charge is -2.44. The van der Waals surface area contributed by atoms with E-state index in [0.717, 1.165) is 10.8 Å². The normalized spacial score (nSPS) is 14.3. The molecule has 1 saturated heterocycles. The molecule has 4 aromatic heterocycles. The van der Waals surface area contributed by atoms with Gasteiger partial charge in [-0.25, -0.2) is 23.1 Å². The summed E-state index contributed by atoms with van der Waals surface area (Å²) in [6, 6.07) is 3.56. The van der Waals surface area contributed by atoms with Crippen molar-refractivity contribution in [3.05, 3.63) is 86.6 Å². The molecule has 13 heteroatoms. The number of β-amino-alcohol motifs (C(OH)–C–C–N with tert-alkyl or cyclic N) is 1. The van der Waals surface area contributed by atoms with Crippen molar-refractivity contribution in [2.24, 2.45) is 0 Å². The van der Waals surface area contributed by atoms with Crippen molar-refractivity contribution < 1.29 is 23.0 Å². The summed E-state index contributed by atoms with van der Waals surface area (Å²) in [5.41, 5.74) is -1.16. The molecule has 0 aliphatic carbocycles. The minimum Gasteiger partial charge on any atom is -0.485 e. The largest absolute Gasteiger partial charge is 0.485 e. The molecule has 39 heavy (non-hydrogen) atoms. The third-order valence-corrected chi connectivity index (χ3v) is 6.53. The zero-order valence-corrected chi connectivity index (χ0v) is 21.8. The summed E-state index contributed by atoms with van der Waals surface area (Å²) in [6.07, 6.45) is 3.72. The van der Waals surface area contributed by atoms with Crippen LogP contribution in [0.4, 0.5) is 19.1 Å². The van der Waals surface area contributed by atoms with E-state index in [9.17, 15) is 18.7 Å². The van der Waals surface area contributed by atoms with Crippen LogP contribution >= 0.6 is 11.6 Å². The number of hydrogen-bond donors (Lipinski definition) is 1. The summed E-state index contributed by atoms with van der Waals surface area (Å²) in [6.45, 7) is 5.09. The van der Waals surface area contributed by atoms with Crippen molar-refractivity contribution in [3.63, 3.8) is 0 Å². The van der Waals surface area contributed by atoms with Gasteiger partial charge in [0.25, 0.3) is 5.56 Å². The molecule has 5 heterocycles. The van der Waals surface area contributed by atoms with Gasteiger partial charge < -0.3 is 14.7 Å². The van der Waals surface area contributed by atoms with E-state index in [1.807, 2.05) is 0 Å². The molecule has 5 rings (SSSR count). The minimum absolute atomic E-state index is 0.0702. The fourth-order valence-corrected chi connectivity index (χ4v) is 4.52. The summed E-state index contributed by atoms with van der Waals surface area (Å²) in [7, 11) is 0. The first kappa shape index (κ1) is 26.6. The number of rotatable bonds is 6. The van der Waals surface area contributed by atoms with Crippen molar-refractivity contribution >= 4 is 17.5 Å². The van der Waals surface area contributed by atoms with Crippen LogP contribution < -0.4 is 15.2 Å². The van der Waals surface area contributed by atoms with Crippen molar-refractivity contribution in [2.45, 2.75) is 33.0 Å². The maximum Gasteiger partial charge on any atom is 0.278 e. The highest BCUT2D eigenvalue weighted by Gasteiger charge is 2.38. The summed E-state index contributed by atoms with van der Waals surface area (Å²) in [5.74, 6) is -2.31. The Morgan fingerprint density at radius 2 is 1.87 bits per heavy atom. The van der Waals surface area contributed by atoms with Crippen LogP contribution in [0, 0.1) is 31.3 Å². The predicted molar refractivity (Wildman–Crippen MR) is 137 cm³/mol. The second-order valence-electron chi connectivity index (χ2n) is 9.52. The van der Waals surface area contributed by atoms with Crippen LogP contribution in [0.25, 0.3) is 17.1 Å². The Morgan fingerprint density at radius 3 is 2.56 bits per heavy atom. The number of aromatic nitrogens is 5. The zero-order valence-electron chi connectivity index (χ0n) is 21.0. The van der Waals surface area contributed by atoms with Crippen LogP contribution in [-0.4, -0.2) is 48.3 Å². The fraction of sp³-hybridized carbons (Fsp3) is 0.269. The van der Waals surface area contributed by atoms with Crippen molar-refractivity contribution in [2.75, 3.05) is 18.0 Å². The molecule has 1 fully saturated rings. The number of pyridine rings is 3. The summed E-state index contributed by atoms with van der Waals surface area (Å²) in [4.78, 5) is 31.5. The van der Waals surface area contributed by atoms with Gasteiger partial charge in [0, 0.05) is 30.2 Å². The lowest BCUT2D eigenvalue weighted by Crippen LogP contribution is -2.60. The molecule has 0 spiro atoms. The van der Waals surface area contributed by atoms with Gasteiger partial charge in [0.05, 0.1) is 36.3 Å². The van der Waals surface area contributed by atoms with Gasteiger partial charge >= 0.3 is 0 Å². The number of aryl methyl sites for hydroxylation is 2. The van der Waals surface area contributed by atoms with Crippen molar-refractivity contribution in [1.82, 2.24) is 24.5 Å². The average Bonchev–Trinajstić information content (AvgIpc) is 2.86. The maximum absolute atomic E-state index is 16.0. The Hall–Kier alpha value is -4.03. The second-order valence-corrected chi connectivity index (χ2v) is 9.90. The van der Waals surface area contributed by atoms with Crippen LogP contribution in [0.1, 0.15) is 23.9 Å². The lowest BCUT2D eigenvalue weighted by molar-refractivity contribution is 0.0300. The summed E-state index contributed by atoms with van der Waals surface area (Å²) in [5, 5.41) is 9.65. The molecule has 9 nitrogen and oxygen atoms in total. The van der Waals surface area contributed by atoms with E-state index in [1.165, 1.54) is 24.5 Å². The highest BCUT2D eigenvalue weighted by atomic mass is 35.5. The molecule has 202 valence electrons. The van der Waals surface area contributed by atoms with Gasteiger partial charge in [-0.2, -0.15) is 0 Å². The SMILES string of the molecule is Cc1cnc(-c2ccnc(N3CC(C)(O)C3)n2)c(F)c1-n1c(C)cc(OCc2ncc(F)cc2F)c(Cl)c1=O. The first-order valence-electron chi connectivity index (χ1n) is 11.8. The fourth-order valence-electron chi connectivity index (χ4n) is 4.33. The van der Waals surface area contributed by atoms with Crippen LogP contribution in [0.2, 0.25) is 5.02 Å². The average molecular weight is 559 g/mol. The van der Waals surface area contributed by atoms with E-state index in [2.05, 4.69) is 19.9 Å². The second kappa shape index (κ2) is 9.93. The summed E-state index contributed by atoms with van der Waals surface area (Å²) >= 11 is 6.30. The number of hydrogen-bond acceptors (Lipinski definition) is 8. The predicted octanol–water partition coefficient (Wildman–Crippen LogP) is 3.92. The Balaban J connectivity index is 1.50.